The summed E-state index contributed by atoms with van der Waals surface area (Å²) in [6.07, 6.45) is 0. The van der Waals surface area contributed by atoms with Gasteiger partial charge in [0.25, 0.3) is 0 Å². The van der Waals surface area contributed by atoms with Crippen molar-refractivity contribution in [3.8, 4) is 0 Å². The Bertz CT molecular complexity index is 261. The highest BCUT2D eigenvalue weighted by atomic mass is 32.1. The van der Waals surface area contributed by atoms with Crippen LogP contribution in [-0.4, -0.2) is 17.8 Å². The molecule has 1 aromatic heterocycles. The van der Waals surface area contributed by atoms with E-state index >= 15 is 0 Å². The number of alkyl halides is 1. The first-order valence-electron chi connectivity index (χ1n) is 3.88. The smallest absolute Gasteiger partial charge is 0.171 e. The van der Waals surface area contributed by atoms with Crippen LogP contribution in [-0.2, 0) is 0 Å². The fourth-order valence-corrected chi connectivity index (χ4v) is 1.67. The number of thiocarbonyl (C=S) groups is 1. The quantitative estimate of drug-likeness (QED) is 0.762. The van der Waals surface area contributed by atoms with E-state index in [1.54, 1.807) is 18.3 Å². The molecule has 1 unspecified atom stereocenters. The lowest BCUT2D eigenvalue weighted by atomic mass is 10.4. The Kier molecular flexibility index (Phi) is 4.11. The second-order valence-corrected chi connectivity index (χ2v) is 3.85. The van der Waals surface area contributed by atoms with Crippen molar-refractivity contribution in [2.24, 2.45) is 0 Å². The summed E-state index contributed by atoms with van der Waals surface area (Å²) < 4.78 is 12.1. The number of rotatable bonds is 3. The van der Waals surface area contributed by atoms with Crippen LogP contribution in [0.3, 0.4) is 0 Å². The summed E-state index contributed by atoms with van der Waals surface area (Å²) in [5, 5.41) is 10.1. The number of anilines is 1. The highest BCUT2D eigenvalue weighted by Crippen LogP contribution is 2.11. The minimum Gasteiger partial charge on any atom is -0.357 e. The number of nitrogens with one attached hydrogen (secondary N) is 2. The molecule has 2 nitrogen and oxygen atoms in total. The third-order valence-corrected chi connectivity index (χ3v) is 2.29. The van der Waals surface area contributed by atoms with Crippen molar-refractivity contribution in [2.75, 3.05) is 12.0 Å². The first kappa shape index (κ1) is 10.4. The van der Waals surface area contributed by atoms with E-state index in [1.807, 2.05) is 16.8 Å². The third-order valence-electron chi connectivity index (χ3n) is 1.39. The number of hydrogen-bond donors (Lipinski definition) is 2. The van der Waals surface area contributed by atoms with Crippen LogP contribution in [0.1, 0.15) is 6.92 Å². The maximum absolute atomic E-state index is 12.1. The van der Waals surface area contributed by atoms with Crippen LogP contribution in [0.15, 0.2) is 16.8 Å². The highest BCUT2D eigenvalue weighted by molar-refractivity contribution is 7.80. The molecule has 0 fully saturated rings. The second kappa shape index (κ2) is 5.14. The molecular weight excluding hydrogens is 207 g/mol. The van der Waals surface area contributed by atoms with Gasteiger partial charge in [-0.15, -0.1) is 0 Å². The molecule has 72 valence electrons. The van der Waals surface area contributed by atoms with Gasteiger partial charge >= 0.3 is 0 Å². The average Bonchev–Trinajstić information content (AvgIpc) is 2.56. The Hall–Kier alpha value is -0.680. The number of hydrogen-bond acceptors (Lipinski definition) is 2. The van der Waals surface area contributed by atoms with Crippen molar-refractivity contribution >= 4 is 34.4 Å². The fraction of sp³-hybridized carbons (Fsp3) is 0.375. The predicted octanol–water partition coefficient (Wildman–Crippen LogP) is 2.39. The van der Waals surface area contributed by atoms with Gasteiger partial charge in [0.15, 0.2) is 5.11 Å². The lowest BCUT2D eigenvalue weighted by Gasteiger charge is -2.12. The monoisotopic (exact) mass is 218 g/mol. The molecule has 0 aliphatic heterocycles. The van der Waals surface area contributed by atoms with E-state index in [4.69, 9.17) is 12.2 Å². The van der Waals surface area contributed by atoms with Crippen molar-refractivity contribution in [1.29, 1.82) is 0 Å². The van der Waals surface area contributed by atoms with E-state index in [2.05, 4.69) is 10.6 Å². The van der Waals surface area contributed by atoms with Crippen molar-refractivity contribution in [3.63, 3.8) is 0 Å². The third kappa shape index (κ3) is 3.69. The van der Waals surface area contributed by atoms with Gasteiger partial charge in [-0.3, -0.25) is 0 Å². The van der Waals surface area contributed by atoms with Gasteiger partial charge in [-0.25, -0.2) is 4.39 Å². The van der Waals surface area contributed by atoms with Crippen molar-refractivity contribution in [3.05, 3.63) is 16.8 Å². The van der Waals surface area contributed by atoms with Gasteiger partial charge in [-0.2, -0.15) is 11.3 Å². The van der Waals surface area contributed by atoms with Gasteiger partial charge in [0.05, 0.1) is 11.7 Å². The van der Waals surface area contributed by atoms with E-state index < -0.39 is 6.67 Å². The predicted molar refractivity (Wildman–Crippen MR) is 59.1 cm³/mol. The van der Waals surface area contributed by atoms with Crippen LogP contribution in [0.5, 0.6) is 0 Å². The molecule has 0 aromatic carbocycles. The van der Waals surface area contributed by atoms with Gasteiger partial charge in [-0.1, -0.05) is 0 Å². The fourth-order valence-electron chi connectivity index (χ4n) is 0.765. The molecule has 0 aliphatic carbocycles. The summed E-state index contributed by atoms with van der Waals surface area (Å²) in [6.45, 7) is 1.31. The lowest BCUT2D eigenvalue weighted by Crippen LogP contribution is -2.36. The van der Waals surface area contributed by atoms with E-state index in [-0.39, 0.29) is 6.04 Å². The Labute approximate surface area is 86.2 Å². The zero-order valence-electron chi connectivity index (χ0n) is 7.21. The zero-order chi connectivity index (χ0) is 9.68. The maximum Gasteiger partial charge on any atom is 0.171 e. The van der Waals surface area contributed by atoms with E-state index in [0.29, 0.717) is 5.11 Å². The van der Waals surface area contributed by atoms with Crippen molar-refractivity contribution < 1.29 is 4.39 Å². The van der Waals surface area contributed by atoms with Crippen LogP contribution in [0, 0.1) is 0 Å². The molecule has 1 heterocycles. The van der Waals surface area contributed by atoms with Gasteiger partial charge < -0.3 is 10.6 Å². The standard InChI is InChI=1S/C8H11FN2S2/c1-6(4-9)10-8(12)11-7-2-3-13-5-7/h2-3,5-6H,4H2,1H3,(H2,10,11,12). The summed E-state index contributed by atoms with van der Waals surface area (Å²) in [7, 11) is 0. The Morgan fingerprint density at radius 2 is 2.54 bits per heavy atom. The summed E-state index contributed by atoms with van der Waals surface area (Å²) in [4.78, 5) is 0. The lowest BCUT2D eigenvalue weighted by molar-refractivity contribution is 0.426. The van der Waals surface area contributed by atoms with Crippen LogP contribution >= 0.6 is 23.6 Å². The minimum absolute atomic E-state index is 0.237. The topological polar surface area (TPSA) is 24.1 Å². The van der Waals surface area contributed by atoms with Crippen molar-refractivity contribution in [2.45, 2.75) is 13.0 Å². The van der Waals surface area contributed by atoms with E-state index in [9.17, 15) is 4.39 Å². The molecule has 0 saturated heterocycles. The van der Waals surface area contributed by atoms with Gasteiger partial charge in [0.1, 0.15) is 6.67 Å². The highest BCUT2D eigenvalue weighted by Gasteiger charge is 2.02. The van der Waals surface area contributed by atoms with Crippen LogP contribution in [0.4, 0.5) is 10.1 Å². The molecule has 0 saturated carbocycles. The van der Waals surface area contributed by atoms with Crippen LogP contribution in [0.2, 0.25) is 0 Å². The molecule has 0 amide bonds. The first-order valence-corrected chi connectivity index (χ1v) is 5.23. The summed E-state index contributed by atoms with van der Waals surface area (Å²) in [5.74, 6) is 0. The minimum atomic E-state index is -0.425. The molecule has 1 rings (SSSR count). The molecule has 5 heteroatoms. The summed E-state index contributed by atoms with van der Waals surface area (Å²) >= 11 is 6.54. The second-order valence-electron chi connectivity index (χ2n) is 2.67. The van der Waals surface area contributed by atoms with Crippen molar-refractivity contribution in [1.82, 2.24) is 5.32 Å². The molecule has 1 atom stereocenters. The van der Waals surface area contributed by atoms with E-state index in [1.165, 1.54) is 0 Å². The van der Waals surface area contributed by atoms with Gasteiger partial charge in [0, 0.05) is 5.38 Å². The molecule has 13 heavy (non-hydrogen) atoms. The molecule has 0 bridgehead atoms. The zero-order valence-corrected chi connectivity index (χ0v) is 8.84. The summed E-state index contributed by atoms with van der Waals surface area (Å²) in [6, 6.07) is 1.68. The molecule has 1 aromatic rings. The molecule has 0 spiro atoms. The molecule has 0 aliphatic rings. The largest absolute Gasteiger partial charge is 0.357 e. The Balaban J connectivity index is 2.34. The van der Waals surface area contributed by atoms with Crippen LogP contribution < -0.4 is 10.6 Å². The van der Waals surface area contributed by atoms with Gasteiger partial charge in [0.2, 0.25) is 0 Å². The first-order chi connectivity index (χ1) is 6.22. The molecule has 0 radical (unpaired) electrons. The molecule has 2 N–H and O–H groups in total. The maximum atomic E-state index is 12.1. The average molecular weight is 218 g/mol. The molecular formula is C8H11FN2S2. The van der Waals surface area contributed by atoms with Gasteiger partial charge in [-0.05, 0) is 30.6 Å². The number of thiophene rings is 1. The summed E-state index contributed by atoms with van der Waals surface area (Å²) in [5.41, 5.74) is 0.938. The Morgan fingerprint density at radius 1 is 1.77 bits per heavy atom. The van der Waals surface area contributed by atoms with E-state index in [0.717, 1.165) is 5.69 Å². The SMILES string of the molecule is CC(CF)NC(=S)Nc1ccsc1. The number of halogens is 1. The van der Waals surface area contributed by atoms with Crippen LogP contribution in [0.25, 0.3) is 0 Å². The normalized spacial score (nSPS) is 12.2. The Morgan fingerprint density at radius 3 is 3.08 bits per heavy atom.